The summed E-state index contributed by atoms with van der Waals surface area (Å²) in [6, 6.07) is 17.3. The summed E-state index contributed by atoms with van der Waals surface area (Å²) in [5, 5.41) is 19.6. The van der Waals surface area contributed by atoms with E-state index in [2.05, 4.69) is 15.2 Å². The fraction of sp³-hybridized carbons (Fsp3) is 0.0800. The molecule has 0 radical (unpaired) electrons. The second kappa shape index (κ2) is 9.77. The van der Waals surface area contributed by atoms with E-state index in [1.165, 1.54) is 58.5 Å². The minimum atomic E-state index is -0.964. The number of benzene rings is 2. The van der Waals surface area contributed by atoms with E-state index >= 15 is 0 Å². The van der Waals surface area contributed by atoms with Gasteiger partial charge in [0.25, 0.3) is 5.78 Å². The molecule has 4 aromatic rings. The van der Waals surface area contributed by atoms with Gasteiger partial charge >= 0.3 is 5.91 Å². The van der Waals surface area contributed by atoms with E-state index in [1.54, 1.807) is 18.3 Å². The van der Waals surface area contributed by atoms with Crippen LogP contribution in [-0.4, -0.2) is 32.0 Å². The highest BCUT2D eigenvalue weighted by atomic mass is 32.2. The lowest BCUT2D eigenvalue weighted by Gasteiger charge is -2.22. The van der Waals surface area contributed by atoms with Gasteiger partial charge in [-0.15, -0.1) is 10.2 Å². The minimum Gasteiger partial charge on any atom is -0.507 e. The predicted molar refractivity (Wildman–Crippen MR) is 131 cm³/mol. The van der Waals surface area contributed by atoms with E-state index in [0.717, 1.165) is 5.56 Å². The molecule has 0 aliphatic carbocycles. The van der Waals surface area contributed by atoms with Crippen molar-refractivity contribution in [3.8, 4) is 0 Å². The summed E-state index contributed by atoms with van der Waals surface area (Å²) in [6.07, 6.45) is 3.09. The van der Waals surface area contributed by atoms with Gasteiger partial charge in [0.2, 0.25) is 5.13 Å². The van der Waals surface area contributed by atoms with Crippen molar-refractivity contribution in [2.24, 2.45) is 0 Å². The van der Waals surface area contributed by atoms with E-state index in [9.17, 15) is 19.1 Å². The molecule has 1 aliphatic rings. The highest BCUT2D eigenvalue weighted by Gasteiger charge is 2.48. The zero-order valence-electron chi connectivity index (χ0n) is 18.0. The fourth-order valence-electron chi connectivity index (χ4n) is 3.72. The molecule has 1 aliphatic heterocycles. The quantitative estimate of drug-likeness (QED) is 0.130. The summed E-state index contributed by atoms with van der Waals surface area (Å²) in [6.45, 7) is 0. The van der Waals surface area contributed by atoms with Gasteiger partial charge in [-0.25, -0.2) is 4.39 Å². The van der Waals surface area contributed by atoms with Gasteiger partial charge in [0, 0.05) is 23.7 Å². The number of Topliss-reactive ketones (excluding diaryl/α,β-unsaturated/α-hetero) is 1. The van der Waals surface area contributed by atoms with Crippen LogP contribution in [0.3, 0.4) is 0 Å². The average Bonchev–Trinajstić information content (AvgIpc) is 3.46. The first kappa shape index (κ1) is 22.9. The van der Waals surface area contributed by atoms with Crippen molar-refractivity contribution in [3.05, 3.63) is 107 Å². The molecule has 174 valence electrons. The predicted octanol–water partition coefficient (Wildman–Crippen LogP) is 4.99. The van der Waals surface area contributed by atoms with Gasteiger partial charge < -0.3 is 5.11 Å². The molecule has 1 saturated heterocycles. The van der Waals surface area contributed by atoms with Crippen molar-refractivity contribution in [2.45, 2.75) is 16.1 Å². The molecule has 1 fully saturated rings. The Labute approximate surface area is 208 Å². The van der Waals surface area contributed by atoms with Crippen LogP contribution >= 0.6 is 23.1 Å². The van der Waals surface area contributed by atoms with Crippen LogP contribution < -0.4 is 4.90 Å². The zero-order chi connectivity index (χ0) is 24.4. The van der Waals surface area contributed by atoms with Gasteiger partial charge in [-0.3, -0.25) is 19.5 Å². The van der Waals surface area contributed by atoms with Crippen molar-refractivity contribution in [1.82, 2.24) is 15.2 Å². The van der Waals surface area contributed by atoms with Crippen molar-refractivity contribution in [1.29, 1.82) is 0 Å². The maximum absolute atomic E-state index is 13.4. The summed E-state index contributed by atoms with van der Waals surface area (Å²) >= 11 is 2.65. The first-order chi connectivity index (χ1) is 17.0. The van der Waals surface area contributed by atoms with E-state index in [-0.39, 0.29) is 16.3 Å². The van der Waals surface area contributed by atoms with Gasteiger partial charge in [0.1, 0.15) is 11.6 Å². The Balaban J connectivity index is 1.53. The molecule has 1 atom stereocenters. The van der Waals surface area contributed by atoms with Crippen molar-refractivity contribution >= 4 is 45.7 Å². The Hall–Kier alpha value is -3.89. The summed E-state index contributed by atoms with van der Waals surface area (Å²) in [5.41, 5.74) is 1.73. The molecule has 1 amide bonds. The highest BCUT2D eigenvalue weighted by molar-refractivity contribution is 8.00. The highest BCUT2D eigenvalue weighted by Crippen LogP contribution is 2.43. The van der Waals surface area contributed by atoms with E-state index in [1.807, 2.05) is 30.3 Å². The van der Waals surface area contributed by atoms with Crippen LogP contribution in [-0.2, 0) is 15.3 Å². The Kier molecular flexibility index (Phi) is 6.39. The molecular weight excluding hydrogens is 487 g/mol. The fourth-order valence-corrected chi connectivity index (χ4v) is 5.55. The van der Waals surface area contributed by atoms with Gasteiger partial charge in [0.05, 0.1) is 11.6 Å². The van der Waals surface area contributed by atoms with Crippen molar-refractivity contribution in [2.75, 3.05) is 4.90 Å². The van der Waals surface area contributed by atoms with E-state index in [4.69, 9.17) is 0 Å². The van der Waals surface area contributed by atoms with Crippen LogP contribution in [0.4, 0.5) is 9.52 Å². The number of aliphatic hydroxyl groups is 1. The lowest BCUT2D eigenvalue weighted by molar-refractivity contribution is -0.132. The number of pyridine rings is 1. The van der Waals surface area contributed by atoms with Crippen LogP contribution in [0.15, 0.2) is 89.0 Å². The number of ketones is 1. The van der Waals surface area contributed by atoms with Crippen molar-refractivity contribution in [3.63, 3.8) is 0 Å². The number of anilines is 1. The second-order valence-electron chi connectivity index (χ2n) is 7.59. The standard InChI is InChI=1S/C25H17FN4O3S2/c26-18-10-8-16(9-11-18)21(31)19-20(17-7-4-12-27-13-17)30(23(33)22(19)32)24-28-29-25(35-24)34-14-15-5-2-1-3-6-15/h1-13,20,31H,14H2/b21-19+/t20-/m0/s1. The minimum absolute atomic E-state index is 0.122. The third-order valence-electron chi connectivity index (χ3n) is 5.37. The van der Waals surface area contributed by atoms with Gasteiger partial charge in [0.15, 0.2) is 4.34 Å². The molecule has 10 heteroatoms. The number of nitrogens with zero attached hydrogens (tertiary/aromatic N) is 4. The topological polar surface area (TPSA) is 96.3 Å². The monoisotopic (exact) mass is 504 g/mol. The van der Waals surface area contributed by atoms with Gasteiger partial charge in [-0.1, -0.05) is 59.5 Å². The Morgan fingerprint density at radius 1 is 1.03 bits per heavy atom. The van der Waals surface area contributed by atoms with Crippen LogP contribution in [0, 0.1) is 5.82 Å². The maximum atomic E-state index is 13.4. The summed E-state index contributed by atoms with van der Waals surface area (Å²) in [4.78, 5) is 31.6. The average molecular weight is 505 g/mol. The Morgan fingerprint density at radius 3 is 2.51 bits per heavy atom. The molecule has 5 rings (SSSR count). The SMILES string of the molecule is O=C1C(=O)N(c2nnc(SCc3ccccc3)s2)[C@@H](c2cccnc2)/C1=C(\O)c1ccc(F)cc1. The first-order valence-corrected chi connectivity index (χ1v) is 12.3. The van der Waals surface area contributed by atoms with Crippen LogP contribution in [0.5, 0.6) is 0 Å². The van der Waals surface area contributed by atoms with Crippen LogP contribution in [0.1, 0.15) is 22.7 Å². The lowest BCUT2D eigenvalue weighted by Crippen LogP contribution is -2.29. The summed E-state index contributed by atoms with van der Waals surface area (Å²) in [7, 11) is 0. The number of amides is 1. The first-order valence-electron chi connectivity index (χ1n) is 10.5. The van der Waals surface area contributed by atoms with Crippen LogP contribution in [0.25, 0.3) is 5.76 Å². The molecule has 35 heavy (non-hydrogen) atoms. The molecular formula is C25H17FN4O3S2. The third kappa shape index (κ3) is 4.58. The molecule has 3 heterocycles. The van der Waals surface area contributed by atoms with E-state index < -0.39 is 29.3 Å². The van der Waals surface area contributed by atoms with Gasteiger partial charge in [-0.2, -0.15) is 0 Å². The molecule has 0 spiro atoms. The number of aliphatic hydroxyl groups excluding tert-OH is 1. The number of carbonyl (C=O) groups excluding carboxylic acids is 2. The maximum Gasteiger partial charge on any atom is 0.301 e. The lowest BCUT2D eigenvalue weighted by atomic mass is 9.96. The molecule has 0 saturated carbocycles. The molecule has 0 unspecified atom stereocenters. The van der Waals surface area contributed by atoms with Crippen LogP contribution in [0.2, 0.25) is 0 Å². The number of rotatable bonds is 6. The molecule has 0 bridgehead atoms. The molecule has 2 aromatic heterocycles. The Morgan fingerprint density at radius 2 is 1.80 bits per heavy atom. The largest absolute Gasteiger partial charge is 0.507 e. The molecule has 2 aromatic carbocycles. The summed E-state index contributed by atoms with van der Waals surface area (Å²) in [5.74, 6) is -1.92. The van der Waals surface area contributed by atoms with Gasteiger partial charge in [-0.05, 0) is 41.5 Å². The molecule has 7 nitrogen and oxygen atoms in total. The number of carbonyl (C=O) groups is 2. The zero-order valence-corrected chi connectivity index (χ0v) is 19.7. The smallest absolute Gasteiger partial charge is 0.301 e. The number of thioether (sulfide) groups is 1. The number of hydrogen-bond donors (Lipinski definition) is 1. The number of aromatic nitrogens is 3. The normalized spacial score (nSPS) is 17.2. The third-order valence-corrected chi connectivity index (χ3v) is 7.50. The summed E-state index contributed by atoms with van der Waals surface area (Å²) < 4.78 is 14.0. The second-order valence-corrected chi connectivity index (χ2v) is 9.77. The van der Waals surface area contributed by atoms with E-state index in [0.29, 0.717) is 15.7 Å². The number of hydrogen-bond acceptors (Lipinski definition) is 8. The van der Waals surface area contributed by atoms with Crippen molar-refractivity contribution < 1.29 is 19.1 Å². The Bertz CT molecular complexity index is 1410. The molecule has 1 N–H and O–H groups in total. The number of halogens is 1.